The number of fused-ring (bicyclic) bond motifs is 1. The van der Waals surface area contributed by atoms with Gasteiger partial charge in [0.25, 0.3) is 5.56 Å². The summed E-state index contributed by atoms with van der Waals surface area (Å²) in [5.74, 6) is 1.50. The summed E-state index contributed by atoms with van der Waals surface area (Å²) in [5, 5.41) is 3.61. The first-order chi connectivity index (χ1) is 16.0. The van der Waals surface area contributed by atoms with Gasteiger partial charge in [0.05, 0.1) is 13.7 Å². The number of nitrogens with zero attached hydrogens (tertiary/aromatic N) is 4. The number of benzene rings is 1. The van der Waals surface area contributed by atoms with Crippen molar-refractivity contribution < 1.29 is 4.74 Å². The summed E-state index contributed by atoms with van der Waals surface area (Å²) < 4.78 is 10.3. The topological polar surface area (TPSA) is 83.1 Å². The van der Waals surface area contributed by atoms with Gasteiger partial charge in [-0.3, -0.25) is 18.5 Å². The van der Waals surface area contributed by atoms with Crippen LogP contribution in [0.25, 0.3) is 11.2 Å². The maximum absolute atomic E-state index is 13.5. The van der Waals surface area contributed by atoms with Crippen molar-refractivity contribution >= 4 is 17.1 Å². The molecule has 8 heteroatoms. The van der Waals surface area contributed by atoms with Crippen LogP contribution in [0.4, 0.5) is 5.95 Å². The molecule has 0 spiro atoms. The standard InChI is InChI=1S/C25H35N5O3/c1-5-14-29-22-21(23(31)28(6-2)25(29)32)30(16-18-12-13-20(33-4)17(3)15-18)24(27-22)26-19-10-8-7-9-11-19/h12-13,15,19H,5-11,14,16H2,1-4H3,(H,26,27). The number of aryl methyl sites for hydroxylation is 2. The van der Waals surface area contributed by atoms with E-state index in [4.69, 9.17) is 9.72 Å². The van der Waals surface area contributed by atoms with Gasteiger partial charge in [0, 0.05) is 19.1 Å². The lowest BCUT2D eigenvalue weighted by Crippen LogP contribution is -2.40. The minimum Gasteiger partial charge on any atom is -0.496 e. The van der Waals surface area contributed by atoms with Gasteiger partial charge in [-0.25, -0.2) is 4.79 Å². The molecule has 0 radical (unpaired) electrons. The van der Waals surface area contributed by atoms with E-state index in [2.05, 4.69) is 11.4 Å². The van der Waals surface area contributed by atoms with Crippen molar-refractivity contribution in [3.8, 4) is 5.75 Å². The molecule has 2 heterocycles. The van der Waals surface area contributed by atoms with E-state index in [1.807, 2.05) is 37.5 Å². The number of hydrogen-bond donors (Lipinski definition) is 1. The van der Waals surface area contributed by atoms with Crippen molar-refractivity contribution in [2.45, 2.75) is 85.0 Å². The molecule has 1 fully saturated rings. The number of methoxy groups -OCH3 is 1. The van der Waals surface area contributed by atoms with Crippen LogP contribution in [-0.2, 0) is 19.6 Å². The van der Waals surface area contributed by atoms with Crippen LogP contribution in [-0.4, -0.2) is 31.8 Å². The van der Waals surface area contributed by atoms with Crippen LogP contribution in [0.3, 0.4) is 0 Å². The summed E-state index contributed by atoms with van der Waals surface area (Å²) in [4.78, 5) is 31.4. The van der Waals surface area contributed by atoms with E-state index >= 15 is 0 Å². The molecule has 33 heavy (non-hydrogen) atoms. The Balaban J connectivity index is 1.91. The highest BCUT2D eigenvalue weighted by molar-refractivity contribution is 5.74. The Morgan fingerprint density at radius 1 is 1.09 bits per heavy atom. The number of anilines is 1. The Morgan fingerprint density at radius 3 is 2.48 bits per heavy atom. The summed E-state index contributed by atoms with van der Waals surface area (Å²) in [7, 11) is 1.66. The average Bonchev–Trinajstić information content (AvgIpc) is 3.15. The highest BCUT2D eigenvalue weighted by atomic mass is 16.5. The molecule has 0 saturated heterocycles. The number of ether oxygens (including phenoxy) is 1. The highest BCUT2D eigenvalue weighted by Gasteiger charge is 2.23. The zero-order valence-electron chi connectivity index (χ0n) is 20.2. The molecular weight excluding hydrogens is 418 g/mol. The summed E-state index contributed by atoms with van der Waals surface area (Å²) >= 11 is 0. The zero-order valence-corrected chi connectivity index (χ0v) is 20.2. The second-order valence-electron chi connectivity index (χ2n) is 8.96. The van der Waals surface area contributed by atoms with E-state index in [0.717, 1.165) is 36.1 Å². The van der Waals surface area contributed by atoms with Gasteiger partial charge in [-0.2, -0.15) is 4.98 Å². The van der Waals surface area contributed by atoms with Crippen LogP contribution in [0.1, 0.15) is 63.5 Å². The fraction of sp³-hybridized carbons (Fsp3) is 0.560. The monoisotopic (exact) mass is 453 g/mol. The minimum absolute atomic E-state index is 0.278. The molecule has 0 aliphatic heterocycles. The molecule has 2 aromatic heterocycles. The van der Waals surface area contributed by atoms with Gasteiger partial charge in [0.15, 0.2) is 11.2 Å². The van der Waals surface area contributed by atoms with E-state index in [0.29, 0.717) is 42.8 Å². The second-order valence-corrected chi connectivity index (χ2v) is 8.96. The Bertz CT molecular complexity index is 1250. The molecule has 1 aliphatic rings. The first-order valence-corrected chi connectivity index (χ1v) is 12.1. The maximum Gasteiger partial charge on any atom is 0.332 e. The molecule has 1 aliphatic carbocycles. The van der Waals surface area contributed by atoms with Crippen LogP contribution in [0, 0.1) is 6.92 Å². The zero-order chi connectivity index (χ0) is 23.5. The number of rotatable bonds is 8. The third-order valence-electron chi connectivity index (χ3n) is 6.62. The van der Waals surface area contributed by atoms with Crippen molar-refractivity contribution in [2.75, 3.05) is 12.4 Å². The first-order valence-electron chi connectivity index (χ1n) is 12.1. The molecule has 4 rings (SSSR count). The van der Waals surface area contributed by atoms with Crippen LogP contribution < -0.4 is 21.3 Å². The predicted octanol–water partition coefficient (Wildman–Crippen LogP) is 3.90. The Kier molecular flexibility index (Phi) is 6.91. The normalized spacial score (nSPS) is 14.7. The minimum atomic E-state index is -0.286. The van der Waals surface area contributed by atoms with E-state index in [1.165, 1.54) is 23.8 Å². The summed E-state index contributed by atoms with van der Waals surface area (Å²) in [5.41, 5.74) is 2.48. The Labute approximate surface area is 194 Å². The first kappa shape index (κ1) is 23.1. The third kappa shape index (κ3) is 4.43. The molecule has 3 aromatic rings. The van der Waals surface area contributed by atoms with Crippen LogP contribution in [0.15, 0.2) is 27.8 Å². The van der Waals surface area contributed by atoms with E-state index in [9.17, 15) is 9.59 Å². The largest absolute Gasteiger partial charge is 0.496 e. The Hall–Kier alpha value is -3.03. The highest BCUT2D eigenvalue weighted by Crippen LogP contribution is 2.26. The summed E-state index contributed by atoms with van der Waals surface area (Å²) in [6.07, 6.45) is 6.61. The maximum atomic E-state index is 13.5. The number of imidazole rings is 1. The smallest absolute Gasteiger partial charge is 0.332 e. The van der Waals surface area contributed by atoms with Gasteiger partial charge >= 0.3 is 5.69 Å². The molecule has 1 aromatic carbocycles. The van der Waals surface area contributed by atoms with Gasteiger partial charge in [-0.05, 0) is 50.3 Å². The molecule has 178 valence electrons. The van der Waals surface area contributed by atoms with E-state index < -0.39 is 0 Å². The van der Waals surface area contributed by atoms with Crippen molar-refractivity contribution in [2.24, 2.45) is 0 Å². The molecule has 0 atom stereocenters. The van der Waals surface area contributed by atoms with Crippen molar-refractivity contribution in [1.82, 2.24) is 18.7 Å². The third-order valence-corrected chi connectivity index (χ3v) is 6.62. The van der Waals surface area contributed by atoms with E-state index in [-0.39, 0.29) is 11.2 Å². The van der Waals surface area contributed by atoms with Crippen LogP contribution >= 0.6 is 0 Å². The molecular formula is C25H35N5O3. The van der Waals surface area contributed by atoms with Crippen LogP contribution in [0.5, 0.6) is 5.75 Å². The molecule has 0 bridgehead atoms. The van der Waals surface area contributed by atoms with Crippen molar-refractivity contribution in [3.63, 3.8) is 0 Å². The van der Waals surface area contributed by atoms with Gasteiger partial charge < -0.3 is 10.1 Å². The molecule has 1 saturated carbocycles. The lowest BCUT2D eigenvalue weighted by atomic mass is 9.96. The average molecular weight is 454 g/mol. The fourth-order valence-electron chi connectivity index (χ4n) is 4.91. The summed E-state index contributed by atoms with van der Waals surface area (Å²) in [6, 6.07) is 6.37. The fourth-order valence-corrected chi connectivity index (χ4v) is 4.91. The SMILES string of the molecule is CCCn1c(=O)n(CC)c(=O)c2c1nc(NC1CCCCC1)n2Cc1ccc(OC)c(C)c1. The predicted molar refractivity (Wildman–Crippen MR) is 132 cm³/mol. The van der Waals surface area contributed by atoms with E-state index in [1.54, 1.807) is 11.7 Å². The molecule has 0 amide bonds. The van der Waals surface area contributed by atoms with Gasteiger partial charge in [0.1, 0.15) is 5.75 Å². The lowest BCUT2D eigenvalue weighted by molar-refractivity contribution is 0.411. The molecule has 1 N–H and O–H groups in total. The summed E-state index contributed by atoms with van der Waals surface area (Å²) in [6.45, 7) is 7.21. The van der Waals surface area contributed by atoms with Gasteiger partial charge in [-0.15, -0.1) is 0 Å². The molecule has 8 nitrogen and oxygen atoms in total. The van der Waals surface area contributed by atoms with Crippen LogP contribution in [0.2, 0.25) is 0 Å². The number of hydrogen-bond acceptors (Lipinski definition) is 5. The van der Waals surface area contributed by atoms with Crippen molar-refractivity contribution in [1.29, 1.82) is 0 Å². The Morgan fingerprint density at radius 2 is 1.85 bits per heavy atom. The number of aromatic nitrogens is 4. The lowest BCUT2D eigenvalue weighted by Gasteiger charge is -2.23. The second kappa shape index (κ2) is 9.85. The van der Waals surface area contributed by atoms with Gasteiger partial charge in [-0.1, -0.05) is 38.3 Å². The quantitative estimate of drug-likeness (QED) is 0.559. The van der Waals surface area contributed by atoms with Gasteiger partial charge in [0.2, 0.25) is 5.95 Å². The molecule has 0 unspecified atom stereocenters. The van der Waals surface area contributed by atoms with Crippen molar-refractivity contribution in [3.05, 3.63) is 50.2 Å². The number of nitrogens with one attached hydrogen (secondary N) is 1.